The highest BCUT2D eigenvalue weighted by molar-refractivity contribution is 6.33. The van der Waals surface area contributed by atoms with Gasteiger partial charge in [-0.1, -0.05) is 74.8 Å². The van der Waals surface area contributed by atoms with Crippen LogP contribution in [0.3, 0.4) is 0 Å². The van der Waals surface area contributed by atoms with Crippen molar-refractivity contribution in [1.82, 2.24) is 10.3 Å². The van der Waals surface area contributed by atoms with Gasteiger partial charge in [-0.2, -0.15) is 0 Å². The first-order chi connectivity index (χ1) is 17.5. The lowest BCUT2D eigenvalue weighted by Gasteiger charge is -2.23. The molecule has 37 heavy (non-hydrogen) atoms. The number of halogens is 1. The molecule has 0 aliphatic rings. The summed E-state index contributed by atoms with van der Waals surface area (Å²) >= 11 is 6.24. The summed E-state index contributed by atoms with van der Waals surface area (Å²) in [5.41, 5.74) is 6.58. The van der Waals surface area contributed by atoms with Crippen LogP contribution < -0.4 is 5.32 Å². The number of ether oxygens (including phenoxy) is 1. The van der Waals surface area contributed by atoms with E-state index < -0.39 is 17.9 Å². The van der Waals surface area contributed by atoms with Gasteiger partial charge < -0.3 is 15.0 Å². The van der Waals surface area contributed by atoms with Crippen LogP contribution in [0.5, 0.6) is 0 Å². The first kappa shape index (κ1) is 26.5. The van der Waals surface area contributed by atoms with Gasteiger partial charge in [0.05, 0.1) is 10.6 Å². The molecule has 6 heteroatoms. The number of fused-ring (bicyclic) bond motifs is 1. The molecule has 0 saturated carbocycles. The van der Waals surface area contributed by atoms with Gasteiger partial charge in [0.1, 0.15) is 12.6 Å². The number of hydrogen-bond acceptors (Lipinski definition) is 3. The SMILES string of the molecule is Cc1cc(C(C)(C)C)cc(C)c1COC(=O)C(Cc1c[nH]c2ccccc12)NC(=O)c1ccccc1Cl. The number of aromatic amines is 1. The highest BCUT2D eigenvalue weighted by Crippen LogP contribution is 2.27. The lowest BCUT2D eigenvalue weighted by atomic mass is 9.84. The summed E-state index contributed by atoms with van der Waals surface area (Å²) in [5.74, 6) is -0.918. The molecule has 0 spiro atoms. The fourth-order valence-electron chi connectivity index (χ4n) is 4.49. The molecule has 3 aromatic carbocycles. The zero-order valence-corrected chi connectivity index (χ0v) is 22.7. The predicted octanol–water partition coefficient (Wildman–Crippen LogP) is 6.82. The maximum absolute atomic E-state index is 13.4. The summed E-state index contributed by atoms with van der Waals surface area (Å²) in [5, 5.41) is 4.18. The van der Waals surface area contributed by atoms with Crippen LogP contribution in [0.4, 0.5) is 0 Å². The number of benzene rings is 3. The molecule has 1 aromatic heterocycles. The van der Waals surface area contributed by atoms with Crippen molar-refractivity contribution in [1.29, 1.82) is 0 Å². The van der Waals surface area contributed by atoms with Crippen molar-refractivity contribution in [3.05, 3.63) is 105 Å². The Labute approximate surface area is 223 Å². The van der Waals surface area contributed by atoms with E-state index in [4.69, 9.17) is 16.3 Å². The van der Waals surface area contributed by atoms with E-state index in [0.29, 0.717) is 10.6 Å². The highest BCUT2D eigenvalue weighted by Gasteiger charge is 2.26. The number of amides is 1. The standard InChI is InChI=1S/C31H33ClN2O3/c1-19-14-22(31(3,4)5)15-20(2)25(19)18-37-30(36)28(34-29(35)24-11-6-8-12-26(24)32)16-21-17-33-27-13-9-7-10-23(21)27/h6-15,17,28,33H,16,18H2,1-5H3,(H,34,35). The van der Waals surface area contributed by atoms with Gasteiger partial charge in [-0.3, -0.25) is 4.79 Å². The number of hydrogen-bond donors (Lipinski definition) is 2. The fraction of sp³-hybridized carbons (Fsp3) is 0.290. The molecule has 0 aliphatic carbocycles. The summed E-state index contributed by atoms with van der Waals surface area (Å²) in [6.45, 7) is 10.7. The Morgan fingerprint density at radius 1 is 1.00 bits per heavy atom. The second kappa shape index (κ2) is 10.8. The van der Waals surface area contributed by atoms with Crippen molar-refractivity contribution in [2.45, 2.75) is 59.1 Å². The van der Waals surface area contributed by atoms with Gasteiger partial charge in [0, 0.05) is 23.5 Å². The van der Waals surface area contributed by atoms with Crippen molar-refractivity contribution in [3.63, 3.8) is 0 Å². The molecule has 4 aromatic rings. The molecule has 1 amide bonds. The number of esters is 1. The zero-order valence-electron chi connectivity index (χ0n) is 21.9. The Hall–Kier alpha value is -3.57. The van der Waals surface area contributed by atoms with Crippen molar-refractivity contribution in [2.24, 2.45) is 0 Å². The number of aryl methyl sites for hydroxylation is 2. The van der Waals surface area contributed by atoms with Gasteiger partial charge in [0.15, 0.2) is 0 Å². The number of nitrogens with one attached hydrogen (secondary N) is 2. The minimum Gasteiger partial charge on any atom is -0.459 e. The number of rotatable bonds is 7. The Balaban J connectivity index is 1.58. The van der Waals surface area contributed by atoms with E-state index in [1.165, 1.54) is 5.56 Å². The maximum Gasteiger partial charge on any atom is 0.329 e. The van der Waals surface area contributed by atoms with Crippen LogP contribution in [0, 0.1) is 13.8 Å². The summed E-state index contributed by atoms with van der Waals surface area (Å²) in [7, 11) is 0. The molecule has 2 N–H and O–H groups in total. The van der Waals surface area contributed by atoms with Gasteiger partial charge in [-0.05, 0) is 65.3 Å². The second-order valence-corrected chi connectivity index (χ2v) is 10.9. The van der Waals surface area contributed by atoms with E-state index in [1.807, 2.05) is 44.3 Å². The molecule has 5 nitrogen and oxygen atoms in total. The molecule has 0 aliphatic heterocycles. The smallest absolute Gasteiger partial charge is 0.329 e. The number of aromatic nitrogens is 1. The Morgan fingerprint density at radius 3 is 2.32 bits per heavy atom. The predicted molar refractivity (Wildman–Crippen MR) is 149 cm³/mol. The third-order valence-electron chi connectivity index (χ3n) is 6.73. The van der Waals surface area contributed by atoms with E-state index in [9.17, 15) is 9.59 Å². The van der Waals surface area contributed by atoms with Gasteiger partial charge in [0.2, 0.25) is 0 Å². The van der Waals surface area contributed by atoms with Gasteiger partial charge >= 0.3 is 5.97 Å². The summed E-state index contributed by atoms with van der Waals surface area (Å²) in [6, 6.07) is 18.0. The van der Waals surface area contributed by atoms with Crippen LogP contribution in [0.1, 0.15) is 58.9 Å². The monoisotopic (exact) mass is 516 g/mol. The second-order valence-electron chi connectivity index (χ2n) is 10.5. The maximum atomic E-state index is 13.4. The van der Waals surface area contributed by atoms with E-state index in [2.05, 4.69) is 43.2 Å². The minimum atomic E-state index is -0.891. The lowest BCUT2D eigenvalue weighted by molar-refractivity contribution is -0.147. The van der Waals surface area contributed by atoms with Gasteiger partial charge in [-0.25, -0.2) is 4.79 Å². The number of carbonyl (C=O) groups is 2. The number of H-pyrrole nitrogens is 1. The molecule has 0 fully saturated rings. The van der Waals surface area contributed by atoms with E-state index in [-0.39, 0.29) is 18.4 Å². The molecule has 192 valence electrons. The number of carbonyl (C=O) groups excluding carboxylic acids is 2. The molecule has 1 atom stereocenters. The Morgan fingerprint density at radius 2 is 1.65 bits per heavy atom. The highest BCUT2D eigenvalue weighted by atomic mass is 35.5. The molecule has 4 rings (SSSR count). The summed E-state index contributed by atoms with van der Waals surface area (Å²) < 4.78 is 5.81. The van der Waals surface area contributed by atoms with Gasteiger partial charge in [-0.15, -0.1) is 0 Å². The largest absolute Gasteiger partial charge is 0.459 e. The van der Waals surface area contributed by atoms with Crippen LogP contribution in [0.2, 0.25) is 5.02 Å². The molecule has 1 heterocycles. The van der Waals surface area contributed by atoms with Crippen molar-refractivity contribution in [3.8, 4) is 0 Å². The molecule has 0 radical (unpaired) electrons. The van der Waals surface area contributed by atoms with Crippen LogP contribution in [0.25, 0.3) is 10.9 Å². The topological polar surface area (TPSA) is 71.2 Å². The molecule has 1 unspecified atom stereocenters. The van der Waals surface area contributed by atoms with Crippen molar-refractivity contribution in [2.75, 3.05) is 0 Å². The lowest BCUT2D eigenvalue weighted by Crippen LogP contribution is -2.43. The third kappa shape index (κ3) is 6.05. The van der Waals surface area contributed by atoms with Gasteiger partial charge in [0.25, 0.3) is 5.91 Å². The average Bonchev–Trinajstić information content (AvgIpc) is 3.25. The molecular weight excluding hydrogens is 484 g/mol. The van der Waals surface area contributed by atoms with Crippen LogP contribution in [0.15, 0.2) is 66.9 Å². The first-order valence-electron chi connectivity index (χ1n) is 12.4. The summed E-state index contributed by atoms with van der Waals surface area (Å²) in [6.07, 6.45) is 2.14. The van der Waals surface area contributed by atoms with Crippen molar-refractivity contribution >= 4 is 34.4 Å². The van der Waals surface area contributed by atoms with E-state index in [1.54, 1.807) is 24.3 Å². The minimum absolute atomic E-state index is 0.0259. The van der Waals surface area contributed by atoms with E-state index in [0.717, 1.165) is 33.2 Å². The molecule has 0 bridgehead atoms. The van der Waals surface area contributed by atoms with Crippen molar-refractivity contribution < 1.29 is 14.3 Å². The average molecular weight is 517 g/mol. The number of para-hydroxylation sites is 1. The quantitative estimate of drug-likeness (QED) is 0.265. The van der Waals surface area contributed by atoms with Crippen LogP contribution >= 0.6 is 11.6 Å². The zero-order chi connectivity index (χ0) is 26.7. The summed E-state index contributed by atoms with van der Waals surface area (Å²) in [4.78, 5) is 29.7. The third-order valence-corrected chi connectivity index (χ3v) is 7.06. The van der Waals surface area contributed by atoms with E-state index >= 15 is 0 Å². The Kier molecular flexibility index (Phi) is 7.74. The van der Waals surface area contributed by atoms with Crippen LogP contribution in [-0.4, -0.2) is 22.9 Å². The first-order valence-corrected chi connectivity index (χ1v) is 12.8. The Bertz CT molecular complexity index is 1430. The van der Waals surface area contributed by atoms with Crippen LogP contribution in [-0.2, 0) is 28.0 Å². The molecule has 0 saturated heterocycles. The normalized spacial score (nSPS) is 12.4. The molecular formula is C31H33ClN2O3. The fourth-order valence-corrected chi connectivity index (χ4v) is 4.71.